The van der Waals surface area contributed by atoms with E-state index >= 15 is 0 Å². The summed E-state index contributed by atoms with van der Waals surface area (Å²) in [6, 6.07) is 6.94. The lowest BCUT2D eigenvalue weighted by molar-refractivity contribution is -0.123. The number of rotatable bonds is 7. The van der Waals surface area contributed by atoms with E-state index in [0.29, 0.717) is 6.61 Å². The van der Waals surface area contributed by atoms with E-state index < -0.39 is 9.84 Å². The molecule has 3 rings (SSSR count). The van der Waals surface area contributed by atoms with Gasteiger partial charge in [-0.3, -0.25) is 9.69 Å². The van der Waals surface area contributed by atoms with Gasteiger partial charge in [0.15, 0.2) is 9.84 Å². The lowest BCUT2D eigenvalue weighted by Gasteiger charge is -2.43. The highest BCUT2D eigenvalue weighted by atomic mass is 32.2. The summed E-state index contributed by atoms with van der Waals surface area (Å²) in [5.74, 6) is 0.910. The van der Waals surface area contributed by atoms with E-state index in [1.165, 1.54) is 0 Å². The number of unbranched alkanes of at least 4 members (excludes halogenated alkanes) is 2. The SMILES string of the molecule is CCCCCN1CC(=O)N(c2ccc(OCC)cc2)[C@@H]2CS(=O)(=O)C[C@@H]21. The van der Waals surface area contributed by atoms with Crippen molar-refractivity contribution in [2.24, 2.45) is 0 Å². The van der Waals surface area contributed by atoms with Gasteiger partial charge in [0, 0.05) is 11.7 Å². The summed E-state index contributed by atoms with van der Waals surface area (Å²) in [5.41, 5.74) is 0.749. The van der Waals surface area contributed by atoms with Crippen LogP contribution in [0.1, 0.15) is 33.1 Å². The molecule has 0 N–H and O–H groups in total. The Bertz CT molecular complexity index is 732. The second kappa shape index (κ2) is 7.96. The molecule has 0 aromatic heterocycles. The number of benzene rings is 1. The van der Waals surface area contributed by atoms with Crippen LogP contribution in [0.2, 0.25) is 0 Å². The zero-order chi connectivity index (χ0) is 18.7. The van der Waals surface area contributed by atoms with Gasteiger partial charge in [0.2, 0.25) is 5.91 Å². The quantitative estimate of drug-likeness (QED) is 0.678. The van der Waals surface area contributed by atoms with Gasteiger partial charge in [-0.15, -0.1) is 0 Å². The molecular weight excluding hydrogens is 352 g/mol. The third kappa shape index (κ3) is 4.04. The van der Waals surface area contributed by atoms with Crippen LogP contribution in [0.25, 0.3) is 0 Å². The average molecular weight is 381 g/mol. The van der Waals surface area contributed by atoms with Gasteiger partial charge in [0.25, 0.3) is 0 Å². The van der Waals surface area contributed by atoms with Crippen molar-refractivity contribution >= 4 is 21.4 Å². The van der Waals surface area contributed by atoms with Crippen LogP contribution in [0.3, 0.4) is 0 Å². The number of sulfone groups is 1. The van der Waals surface area contributed by atoms with Gasteiger partial charge in [-0.05, 0) is 44.2 Å². The molecule has 2 heterocycles. The van der Waals surface area contributed by atoms with Crippen LogP contribution >= 0.6 is 0 Å². The molecule has 1 aromatic rings. The molecule has 0 radical (unpaired) electrons. The highest BCUT2D eigenvalue weighted by Gasteiger charge is 2.49. The molecule has 0 aliphatic carbocycles. The first-order valence-electron chi connectivity index (χ1n) is 9.44. The Hall–Kier alpha value is -1.60. The van der Waals surface area contributed by atoms with E-state index in [0.717, 1.165) is 37.2 Å². The zero-order valence-electron chi connectivity index (χ0n) is 15.6. The van der Waals surface area contributed by atoms with Gasteiger partial charge >= 0.3 is 0 Å². The van der Waals surface area contributed by atoms with Crippen LogP contribution in [0.15, 0.2) is 24.3 Å². The number of piperazine rings is 1. The van der Waals surface area contributed by atoms with Crippen LogP contribution in [-0.2, 0) is 14.6 Å². The molecule has 0 bridgehead atoms. The number of hydrogen-bond acceptors (Lipinski definition) is 5. The number of hydrogen-bond donors (Lipinski definition) is 0. The molecule has 26 heavy (non-hydrogen) atoms. The highest BCUT2D eigenvalue weighted by molar-refractivity contribution is 7.91. The minimum atomic E-state index is -3.13. The summed E-state index contributed by atoms with van der Waals surface area (Å²) >= 11 is 0. The first-order chi connectivity index (χ1) is 12.4. The Balaban J connectivity index is 1.84. The molecule has 1 aromatic carbocycles. The number of anilines is 1. The maximum atomic E-state index is 12.9. The summed E-state index contributed by atoms with van der Waals surface area (Å²) in [5, 5.41) is 0. The molecule has 2 aliphatic rings. The normalized spacial score (nSPS) is 25.3. The molecule has 2 fully saturated rings. The summed E-state index contributed by atoms with van der Waals surface area (Å²) in [4.78, 5) is 16.6. The maximum Gasteiger partial charge on any atom is 0.241 e. The predicted octanol–water partition coefficient (Wildman–Crippen LogP) is 2.09. The van der Waals surface area contributed by atoms with E-state index in [1.807, 2.05) is 31.2 Å². The lowest BCUT2D eigenvalue weighted by atomic mass is 10.0. The van der Waals surface area contributed by atoms with E-state index in [-0.39, 0.29) is 36.0 Å². The lowest BCUT2D eigenvalue weighted by Crippen LogP contribution is -2.62. The number of nitrogens with zero attached hydrogens (tertiary/aromatic N) is 2. The number of carbonyl (C=O) groups is 1. The number of ether oxygens (including phenoxy) is 1. The van der Waals surface area contributed by atoms with Crippen LogP contribution in [0.4, 0.5) is 5.69 Å². The van der Waals surface area contributed by atoms with Gasteiger partial charge in [-0.2, -0.15) is 0 Å². The summed E-state index contributed by atoms with van der Waals surface area (Å²) in [6.07, 6.45) is 3.19. The van der Waals surface area contributed by atoms with Gasteiger partial charge in [0.05, 0.1) is 30.7 Å². The molecule has 1 amide bonds. The topological polar surface area (TPSA) is 66.9 Å². The molecule has 2 saturated heterocycles. The van der Waals surface area contributed by atoms with E-state index in [9.17, 15) is 13.2 Å². The standard InChI is InChI=1S/C19H28N2O4S/c1-3-5-6-11-20-12-19(22)21(18-14-26(23,24)13-17(18)20)15-7-9-16(10-8-15)25-4-2/h7-10,17-18H,3-6,11-14H2,1-2H3/t17-,18+/m0/s1. The van der Waals surface area contributed by atoms with Crippen molar-refractivity contribution in [1.29, 1.82) is 0 Å². The van der Waals surface area contributed by atoms with Crippen molar-refractivity contribution in [1.82, 2.24) is 4.90 Å². The first-order valence-corrected chi connectivity index (χ1v) is 11.3. The van der Waals surface area contributed by atoms with Crippen molar-refractivity contribution in [3.63, 3.8) is 0 Å². The monoisotopic (exact) mass is 380 g/mol. The Morgan fingerprint density at radius 1 is 1.08 bits per heavy atom. The molecule has 2 aliphatic heterocycles. The maximum absolute atomic E-state index is 12.9. The Morgan fingerprint density at radius 2 is 1.77 bits per heavy atom. The molecule has 2 atom stereocenters. The number of carbonyl (C=O) groups excluding carboxylic acids is 1. The number of amides is 1. The fourth-order valence-corrected chi connectivity index (χ4v) is 5.95. The zero-order valence-corrected chi connectivity index (χ0v) is 16.4. The molecule has 0 spiro atoms. The molecule has 7 heteroatoms. The Morgan fingerprint density at radius 3 is 2.42 bits per heavy atom. The summed E-state index contributed by atoms with van der Waals surface area (Å²) in [7, 11) is -3.13. The van der Waals surface area contributed by atoms with Crippen molar-refractivity contribution < 1.29 is 17.9 Å². The number of fused-ring (bicyclic) bond motifs is 1. The van der Waals surface area contributed by atoms with Gasteiger partial charge in [0.1, 0.15) is 5.75 Å². The van der Waals surface area contributed by atoms with E-state index in [4.69, 9.17) is 4.74 Å². The molecular formula is C19H28N2O4S. The van der Waals surface area contributed by atoms with Crippen molar-refractivity contribution in [3.05, 3.63) is 24.3 Å². The van der Waals surface area contributed by atoms with Crippen LogP contribution < -0.4 is 9.64 Å². The Kier molecular flexibility index (Phi) is 5.87. The summed E-state index contributed by atoms with van der Waals surface area (Å²) < 4.78 is 30.1. The van der Waals surface area contributed by atoms with Crippen molar-refractivity contribution in [2.75, 3.05) is 36.1 Å². The van der Waals surface area contributed by atoms with Gasteiger partial charge < -0.3 is 9.64 Å². The van der Waals surface area contributed by atoms with E-state index in [1.54, 1.807) is 4.90 Å². The highest BCUT2D eigenvalue weighted by Crippen LogP contribution is 2.32. The summed E-state index contributed by atoms with van der Waals surface area (Å²) in [6.45, 7) is 5.71. The van der Waals surface area contributed by atoms with Crippen LogP contribution in [-0.4, -0.2) is 62.5 Å². The van der Waals surface area contributed by atoms with Gasteiger partial charge in [-0.25, -0.2) is 8.42 Å². The second-order valence-electron chi connectivity index (χ2n) is 7.08. The Labute approximate surface area is 156 Å². The van der Waals surface area contributed by atoms with E-state index in [2.05, 4.69) is 11.8 Å². The minimum absolute atomic E-state index is 0.0241. The second-order valence-corrected chi connectivity index (χ2v) is 9.23. The van der Waals surface area contributed by atoms with Crippen molar-refractivity contribution in [3.8, 4) is 5.75 Å². The average Bonchev–Trinajstić information content (AvgIpc) is 2.92. The molecule has 144 valence electrons. The molecule has 0 unspecified atom stereocenters. The van der Waals surface area contributed by atoms with Crippen LogP contribution in [0.5, 0.6) is 5.75 Å². The molecule has 0 saturated carbocycles. The van der Waals surface area contributed by atoms with Crippen LogP contribution in [0, 0.1) is 0 Å². The minimum Gasteiger partial charge on any atom is -0.494 e. The third-order valence-corrected chi connectivity index (χ3v) is 6.87. The smallest absolute Gasteiger partial charge is 0.241 e. The first kappa shape index (κ1) is 19.2. The fraction of sp³-hybridized carbons (Fsp3) is 0.632. The largest absolute Gasteiger partial charge is 0.494 e. The van der Waals surface area contributed by atoms with Crippen molar-refractivity contribution in [2.45, 2.75) is 45.2 Å². The van der Waals surface area contributed by atoms with Gasteiger partial charge in [-0.1, -0.05) is 19.8 Å². The third-order valence-electron chi connectivity index (χ3n) is 5.18. The molecule has 6 nitrogen and oxygen atoms in total. The fourth-order valence-electron chi connectivity index (χ4n) is 3.97. The predicted molar refractivity (Wildman–Crippen MR) is 102 cm³/mol.